The number of nitrogens with zero attached hydrogens (tertiary/aromatic N) is 3. The van der Waals surface area contributed by atoms with Gasteiger partial charge in [-0.05, 0) is 31.2 Å². The molecule has 0 unspecified atom stereocenters. The van der Waals surface area contributed by atoms with Crippen molar-refractivity contribution < 1.29 is 5.11 Å². The minimum atomic E-state index is 0.251. The quantitative estimate of drug-likeness (QED) is 0.503. The van der Waals surface area contributed by atoms with Crippen molar-refractivity contribution in [2.75, 3.05) is 38.6 Å². The van der Waals surface area contributed by atoms with Crippen molar-refractivity contribution in [2.45, 2.75) is 51.9 Å². The van der Waals surface area contributed by atoms with Gasteiger partial charge in [0.1, 0.15) is 17.8 Å². The fraction of sp³-hybridized carbons (Fsp3) is 0.700. The maximum absolute atomic E-state index is 8.99. The molecule has 1 aliphatic rings. The maximum Gasteiger partial charge on any atom is 0.142 e. The first kappa shape index (κ1) is 21.6. The molecule has 0 atom stereocenters. The van der Waals surface area contributed by atoms with E-state index >= 15 is 0 Å². The van der Waals surface area contributed by atoms with Gasteiger partial charge < -0.3 is 15.4 Å². The highest BCUT2D eigenvalue weighted by molar-refractivity contribution is 5.86. The molecule has 2 heterocycles. The van der Waals surface area contributed by atoms with E-state index in [2.05, 4.69) is 37.6 Å². The van der Waals surface area contributed by atoms with E-state index in [-0.39, 0.29) is 6.61 Å². The Labute approximate surface area is 162 Å². The molecule has 1 saturated carbocycles. The van der Waals surface area contributed by atoms with E-state index in [9.17, 15) is 0 Å². The van der Waals surface area contributed by atoms with Crippen molar-refractivity contribution in [1.29, 1.82) is 0 Å². The summed E-state index contributed by atoms with van der Waals surface area (Å²) in [6.07, 6.45) is 12.8. The topological polar surface area (TPSA) is 89.1 Å². The Hall–Kier alpha value is -1.70. The second-order valence-corrected chi connectivity index (χ2v) is 7.14. The average molecular weight is 377 g/mol. The summed E-state index contributed by atoms with van der Waals surface area (Å²) in [5.41, 5.74) is 4.36. The number of hydrogen-bond acceptors (Lipinski definition) is 6. The molecule has 1 aliphatic carbocycles. The zero-order valence-corrected chi connectivity index (χ0v) is 16.9. The molecule has 2 aromatic heterocycles. The number of hydrazine groups is 1. The van der Waals surface area contributed by atoms with E-state index in [0.717, 1.165) is 42.4 Å². The summed E-state index contributed by atoms with van der Waals surface area (Å²) in [6, 6.07) is 1.95. The Morgan fingerprint density at radius 2 is 2.04 bits per heavy atom. The number of fused-ring (bicyclic) bond motifs is 1. The summed E-state index contributed by atoms with van der Waals surface area (Å²) in [5.74, 6) is 1.72. The van der Waals surface area contributed by atoms with Crippen molar-refractivity contribution >= 4 is 16.9 Å². The number of aromatic nitrogens is 3. The van der Waals surface area contributed by atoms with Gasteiger partial charge in [-0.2, -0.15) is 0 Å². The van der Waals surface area contributed by atoms with E-state index in [1.165, 1.54) is 51.3 Å². The molecule has 7 heteroatoms. The highest BCUT2D eigenvalue weighted by atomic mass is 16.3. The molecule has 1 fully saturated rings. The molecule has 0 saturated heterocycles. The zero-order chi connectivity index (χ0) is 19.3. The van der Waals surface area contributed by atoms with Crippen molar-refractivity contribution in [3.05, 3.63) is 18.6 Å². The van der Waals surface area contributed by atoms with E-state index in [1.54, 1.807) is 0 Å². The highest BCUT2D eigenvalue weighted by Gasteiger charge is 2.14. The predicted octanol–water partition coefficient (Wildman–Crippen LogP) is 3.17. The van der Waals surface area contributed by atoms with Gasteiger partial charge in [0, 0.05) is 32.9 Å². The van der Waals surface area contributed by atoms with E-state index in [1.807, 2.05) is 19.3 Å². The molecule has 2 aromatic rings. The molecule has 0 aromatic carbocycles. The zero-order valence-electron chi connectivity index (χ0n) is 16.9. The molecule has 7 nitrogen and oxygen atoms in total. The third-order valence-electron chi connectivity index (χ3n) is 5.07. The standard InChI is InChI=1S/C13H28N2O.C7H8N4/c1-2-3-9-15(10-11-16)14-12-13-7-5-4-6-8-13;1-8-6-5-2-3-9-7(5)11-4-10-6/h13-14,16H,2-12H2,1H3;2-4H,1H3,(H2,8,9,10,11). The summed E-state index contributed by atoms with van der Waals surface area (Å²) in [6.45, 7) is 5.37. The first-order valence-electron chi connectivity index (χ1n) is 10.3. The van der Waals surface area contributed by atoms with Gasteiger partial charge in [0.05, 0.1) is 12.0 Å². The van der Waals surface area contributed by atoms with E-state index in [0.29, 0.717) is 0 Å². The van der Waals surface area contributed by atoms with Crippen molar-refractivity contribution in [1.82, 2.24) is 25.4 Å². The molecule has 0 aliphatic heterocycles. The minimum absolute atomic E-state index is 0.251. The Morgan fingerprint density at radius 3 is 2.74 bits per heavy atom. The third kappa shape index (κ3) is 7.44. The van der Waals surface area contributed by atoms with Gasteiger partial charge in [-0.25, -0.2) is 15.0 Å². The number of H-pyrrole nitrogens is 1. The second-order valence-electron chi connectivity index (χ2n) is 7.14. The van der Waals surface area contributed by atoms with Crippen LogP contribution in [0.2, 0.25) is 0 Å². The van der Waals surface area contributed by atoms with Crippen molar-refractivity contribution in [3.8, 4) is 0 Å². The van der Waals surface area contributed by atoms with Gasteiger partial charge in [0.15, 0.2) is 0 Å². The fourth-order valence-corrected chi connectivity index (χ4v) is 3.46. The lowest BCUT2D eigenvalue weighted by atomic mass is 9.89. The Bertz CT molecular complexity index is 626. The van der Waals surface area contributed by atoms with Gasteiger partial charge >= 0.3 is 0 Å². The van der Waals surface area contributed by atoms with E-state index in [4.69, 9.17) is 5.11 Å². The van der Waals surface area contributed by atoms with Crippen molar-refractivity contribution in [2.24, 2.45) is 5.92 Å². The fourth-order valence-electron chi connectivity index (χ4n) is 3.46. The minimum Gasteiger partial charge on any atom is -0.395 e. The monoisotopic (exact) mass is 376 g/mol. The normalized spacial score (nSPS) is 15.0. The maximum atomic E-state index is 8.99. The molecule has 152 valence electrons. The molecule has 4 N–H and O–H groups in total. The second kappa shape index (κ2) is 12.6. The Kier molecular flexibility index (Phi) is 10.1. The average Bonchev–Trinajstić information content (AvgIpc) is 3.20. The van der Waals surface area contributed by atoms with Gasteiger partial charge in [-0.1, -0.05) is 32.6 Å². The number of unbranched alkanes of at least 4 members (excludes halogenated alkanes) is 1. The van der Waals surface area contributed by atoms with E-state index < -0.39 is 0 Å². The number of hydrogen-bond donors (Lipinski definition) is 4. The van der Waals surface area contributed by atoms with Crippen LogP contribution in [0.4, 0.5) is 5.82 Å². The van der Waals surface area contributed by atoms with Crippen LogP contribution in [0.25, 0.3) is 11.0 Å². The van der Waals surface area contributed by atoms with Crippen LogP contribution in [0.5, 0.6) is 0 Å². The first-order chi connectivity index (χ1) is 13.3. The number of rotatable bonds is 9. The molecule has 0 spiro atoms. The largest absolute Gasteiger partial charge is 0.395 e. The number of aliphatic hydroxyl groups is 1. The molecule has 0 radical (unpaired) electrons. The van der Waals surface area contributed by atoms with Crippen LogP contribution in [0.15, 0.2) is 18.6 Å². The summed E-state index contributed by atoms with van der Waals surface area (Å²) in [7, 11) is 1.84. The SMILES string of the molecule is CCCCN(CCO)NCC1CCCCC1.CNc1ncnc2[nH]ccc12. The first-order valence-corrected chi connectivity index (χ1v) is 10.3. The van der Waals surface area contributed by atoms with Crippen LogP contribution in [0, 0.1) is 5.92 Å². The van der Waals surface area contributed by atoms with Crippen molar-refractivity contribution in [3.63, 3.8) is 0 Å². The number of nitrogens with one attached hydrogen (secondary N) is 3. The summed E-state index contributed by atoms with van der Waals surface area (Å²) < 4.78 is 0. The summed E-state index contributed by atoms with van der Waals surface area (Å²) in [5, 5.41) is 15.2. The number of aliphatic hydroxyl groups excluding tert-OH is 1. The van der Waals surface area contributed by atoms with Crippen LogP contribution >= 0.6 is 0 Å². The third-order valence-corrected chi connectivity index (χ3v) is 5.07. The highest BCUT2D eigenvalue weighted by Crippen LogP contribution is 2.22. The molecule has 0 amide bonds. The van der Waals surface area contributed by atoms with Crippen LogP contribution in [0.1, 0.15) is 51.9 Å². The number of aromatic amines is 1. The smallest absolute Gasteiger partial charge is 0.142 e. The summed E-state index contributed by atoms with van der Waals surface area (Å²) in [4.78, 5) is 11.1. The lowest BCUT2D eigenvalue weighted by molar-refractivity contribution is 0.127. The van der Waals surface area contributed by atoms with Gasteiger partial charge in [0.2, 0.25) is 0 Å². The lowest BCUT2D eigenvalue weighted by Crippen LogP contribution is -2.43. The van der Waals surface area contributed by atoms with Gasteiger partial charge in [-0.15, -0.1) is 0 Å². The lowest BCUT2D eigenvalue weighted by Gasteiger charge is -2.27. The summed E-state index contributed by atoms with van der Waals surface area (Å²) >= 11 is 0. The van der Waals surface area contributed by atoms with Gasteiger partial charge in [0.25, 0.3) is 0 Å². The predicted molar refractivity (Wildman–Crippen MR) is 112 cm³/mol. The van der Waals surface area contributed by atoms with Crippen LogP contribution < -0.4 is 10.7 Å². The van der Waals surface area contributed by atoms with Crippen LogP contribution in [0.3, 0.4) is 0 Å². The van der Waals surface area contributed by atoms with Gasteiger partial charge in [-0.3, -0.25) is 5.43 Å². The van der Waals surface area contributed by atoms with Crippen LogP contribution in [-0.2, 0) is 0 Å². The molecule has 0 bridgehead atoms. The molecule has 27 heavy (non-hydrogen) atoms. The number of anilines is 1. The molecule has 3 rings (SSSR count). The molecular formula is C20H36N6O. The Morgan fingerprint density at radius 1 is 1.22 bits per heavy atom. The molecular weight excluding hydrogens is 340 g/mol. The Balaban J connectivity index is 0.000000206. The van der Waals surface area contributed by atoms with Crippen LogP contribution in [-0.4, -0.2) is 58.4 Å².